The second-order valence-electron chi connectivity index (χ2n) is 3.73. The molecule has 1 atom stereocenters. The van der Waals surface area contributed by atoms with E-state index in [1.54, 1.807) is 24.3 Å². The molecule has 7 nitrogen and oxygen atoms in total. The summed E-state index contributed by atoms with van der Waals surface area (Å²) in [6.07, 6.45) is -1.66. The first kappa shape index (κ1) is 14.5. The summed E-state index contributed by atoms with van der Waals surface area (Å²) >= 11 is 0. The molecular weight excluding hydrogens is 250 g/mol. The third-order valence-corrected chi connectivity index (χ3v) is 2.42. The Morgan fingerprint density at radius 2 is 2.11 bits per heavy atom. The largest absolute Gasteiger partial charge is 0.479 e. The summed E-state index contributed by atoms with van der Waals surface area (Å²) in [7, 11) is 1.44. The number of hydrogen-bond donors (Lipinski definition) is 3. The van der Waals surface area contributed by atoms with Gasteiger partial charge in [-0.3, -0.25) is 4.90 Å². The molecule has 0 aromatic heterocycles. The number of aliphatic hydroxyl groups excluding tert-OH is 1. The molecule has 1 aromatic rings. The van der Waals surface area contributed by atoms with Crippen molar-refractivity contribution >= 4 is 17.7 Å². The lowest BCUT2D eigenvalue weighted by atomic mass is 10.2. The molecule has 0 heterocycles. The molecule has 0 saturated heterocycles. The van der Waals surface area contributed by atoms with Crippen LogP contribution in [0.4, 0.5) is 10.5 Å². The molecule has 100 valence electrons. The number of nitrogens with zero attached hydrogens (tertiary/aromatic N) is 2. The van der Waals surface area contributed by atoms with Gasteiger partial charge in [0.15, 0.2) is 6.10 Å². The minimum atomic E-state index is -1.66. The number of carboxylic acids is 1. The van der Waals surface area contributed by atoms with Gasteiger partial charge in [-0.15, -0.1) is 0 Å². The SMILES string of the molecule is CN(C(=O)NC[C@H](O)C(=O)O)c1ccccc1C#N. The van der Waals surface area contributed by atoms with Gasteiger partial charge in [0.25, 0.3) is 0 Å². The van der Waals surface area contributed by atoms with Gasteiger partial charge in [-0.2, -0.15) is 5.26 Å². The van der Waals surface area contributed by atoms with E-state index in [1.165, 1.54) is 11.9 Å². The molecule has 0 aliphatic heterocycles. The molecular formula is C12H13N3O4. The van der Waals surface area contributed by atoms with Crippen molar-refractivity contribution in [1.29, 1.82) is 5.26 Å². The van der Waals surface area contributed by atoms with E-state index in [1.807, 2.05) is 6.07 Å². The smallest absolute Gasteiger partial charge is 0.334 e. The molecule has 0 saturated carbocycles. The van der Waals surface area contributed by atoms with Gasteiger partial charge in [-0.25, -0.2) is 9.59 Å². The Bertz CT molecular complexity index is 524. The summed E-state index contributed by atoms with van der Waals surface area (Å²) in [5.41, 5.74) is 0.714. The van der Waals surface area contributed by atoms with Crippen LogP contribution in [0.15, 0.2) is 24.3 Å². The summed E-state index contributed by atoms with van der Waals surface area (Å²) in [5, 5.41) is 28.7. The fraction of sp³-hybridized carbons (Fsp3) is 0.250. The van der Waals surface area contributed by atoms with E-state index in [9.17, 15) is 9.59 Å². The van der Waals surface area contributed by atoms with Crippen LogP contribution in [-0.2, 0) is 4.79 Å². The lowest BCUT2D eigenvalue weighted by Gasteiger charge is -2.19. The zero-order valence-electron chi connectivity index (χ0n) is 10.2. The summed E-state index contributed by atoms with van der Waals surface area (Å²) in [6, 6.07) is 7.83. The fourth-order valence-corrected chi connectivity index (χ4v) is 1.36. The van der Waals surface area contributed by atoms with E-state index in [0.717, 1.165) is 0 Å². The quantitative estimate of drug-likeness (QED) is 0.715. The molecule has 3 N–H and O–H groups in total. The van der Waals surface area contributed by atoms with E-state index in [-0.39, 0.29) is 0 Å². The van der Waals surface area contributed by atoms with Gasteiger partial charge in [0.1, 0.15) is 6.07 Å². The lowest BCUT2D eigenvalue weighted by Crippen LogP contribution is -2.43. The first-order valence-corrected chi connectivity index (χ1v) is 5.39. The van der Waals surface area contributed by atoms with Crippen LogP contribution < -0.4 is 10.2 Å². The van der Waals surface area contributed by atoms with Gasteiger partial charge in [0.2, 0.25) is 0 Å². The molecule has 0 fully saturated rings. The van der Waals surface area contributed by atoms with Crippen molar-refractivity contribution in [3.63, 3.8) is 0 Å². The van der Waals surface area contributed by atoms with Crippen molar-refractivity contribution in [3.05, 3.63) is 29.8 Å². The number of nitrogens with one attached hydrogen (secondary N) is 1. The summed E-state index contributed by atoms with van der Waals surface area (Å²) < 4.78 is 0. The Morgan fingerprint density at radius 3 is 2.68 bits per heavy atom. The number of carbonyl (C=O) groups is 2. The number of hydrogen-bond acceptors (Lipinski definition) is 4. The van der Waals surface area contributed by atoms with Crippen molar-refractivity contribution in [2.75, 3.05) is 18.5 Å². The maximum atomic E-state index is 11.7. The Hall–Kier alpha value is -2.59. The topological polar surface area (TPSA) is 114 Å². The van der Waals surface area contributed by atoms with E-state index >= 15 is 0 Å². The van der Waals surface area contributed by atoms with Crippen molar-refractivity contribution in [2.45, 2.75) is 6.10 Å². The maximum absolute atomic E-state index is 11.7. The predicted octanol–water partition coefficient (Wildman–Crippen LogP) is 0.150. The highest BCUT2D eigenvalue weighted by molar-refractivity contribution is 5.93. The molecule has 0 spiro atoms. The number of amides is 2. The molecule has 0 aliphatic carbocycles. The van der Waals surface area contributed by atoms with E-state index in [4.69, 9.17) is 15.5 Å². The first-order valence-electron chi connectivity index (χ1n) is 5.39. The normalized spacial score (nSPS) is 11.2. The van der Waals surface area contributed by atoms with Gasteiger partial charge in [0.05, 0.1) is 17.8 Å². The van der Waals surface area contributed by atoms with Gasteiger partial charge in [-0.05, 0) is 12.1 Å². The minimum Gasteiger partial charge on any atom is -0.479 e. The van der Waals surface area contributed by atoms with Crippen LogP contribution in [-0.4, -0.2) is 41.9 Å². The summed E-state index contributed by atoms with van der Waals surface area (Å²) in [6.45, 7) is -0.409. The Kier molecular flexibility index (Phi) is 4.85. The highest BCUT2D eigenvalue weighted by Gasteiger charge is 2.18. The number of para-hydroxylation sites is 1. The van der Waals surface area contributed by atoms with Crippen LogP contribution in [0, 0.1) is 11.3 Å². The number of benzene rings is 1. The number of rotatable bonds is 4. The van der Waals surface area contributed by atoms with E-state index in [2.05, 4.69) is 5.32 Å². The van der Waals surface area contributed by atoms with E-state index < -0.39 is 24.6 Å². The van der Waals surface area contributed by atoms with Gasteiger partial charge in [-0.1, -0.05) is 12.1 Å². The van der Waals surface area contributed by atoms with Crippen LogP contribution in [0.3, 0.4) is 0 Å². The third-order valence-electron chi connectivity index (χ3n) is 2.42. The summed E-state index contributed by atoms with van der Waals surface area (Å²) in [4.78, 5) is 23.3. The van der Waals surface area contributed by atoms with Gasteiger partial charge in [0, 0.05) is 7.05 Å². The lowest BCUT2D eigenvalue weighted by molar-refractivity contribution is -0.146. The highest BCUT2D eigenvalue weighted by atomic mass is 16.4. The zero-order chi connectivity index (χ0) is 14.4. The molecule has 19 heavy (non-hydrogen) atoms. The molecule has 7 heteroatoms. The van der Waals surface area contributed by atoms with Crippen molar-refractivity contribution < 1.29 is 19.8 Å². The van der Waals surface area contributed by atoms with Crippen LogP contribution in [0.1, 0.15) is 5.56 Å². The highest BCUT2D eigenvalue weighted by Crippen LogP contribution is 2.17. The van der Waals surface area contributed by atoms with Crippen LogP contribution in [0.2, 0.25) is 0 Å². The number of nitriles is 1. The number of urea groups is 1. The number of aliphatic carboxylic acids is 1. The van der Waals surface area contributed by atoms with Crippen LogP contribution >= 0.6 is 0 Å². The predicted molar refractivity (Wildman–Crippen MR) is 66.6 cm³/mol. The Morgan fingerprint density at radius 1 is 1.47 bits per heavy atom. The van der Waals surface area contributed by atoms with Crippen LogP contribution in [0.25, 0.3) is 0 Å². The van der Waals surface area contributed by atoms with Gasteiger partial charge >= 0.3 is 12.0 Å². The summed E-state index contributed by atoms with van der Waals surface area (Å²) in [5.74, 6) is -1.42. The van der Waals surface area contributed by atoms with E-state index in [0.29, 0.717) is 11.3 Å². The molecule has 1 aromatic carbocycles. The average molecular weight is 263 g/mol. The van der Waals surface area contributed by atoms with Crippen molar-refractivity contribution in [1.82, 2.24) is 5.32 Å². The third kappa shape index (κ3) is 3.69. The van der Waals surface area contributed by atoms with Gasteiger partial charge < -0.3 is 15.5 Å². The Balaban J connectivity index is 2.72. The monoisotopic (exact) mass is 263 g/mol. The van der Waals surface area contributed by atoms with Crippen molar-refractivity contribution in [3.8, 4) is 6.07 Å². The standard InChI is InChI=1S/C12H13N3O4/c1-15(9-5-3-2-4-8(9)6-13)12(19)14-7-10(16)11(17)18/h2-5,10,16H,7H2,1H3,(H,14,19)(H,17,18)/t10-/m0/s1. The zero-order valence-corrected chi connectivity index (χ0v) is 10.2. The molecule has 0 aliphatic rings. The molecule has 0 bridgehead atoms. The first-order chi connectivity index (χ1) is 8.97. The molecule has 2 amide bonds. The average Bonchev–Trinajstić information content (AvgIpc) is 2.43. The van der Waals surface area contributed by atoms with Crippen molar-refractivity contribution in [2.24, 2.45) is 0 Å². The van der Waals surface area contributed by atoms with Crippen LogP contribution in [0.5, 0.6) is 0 Å². The number of anilines is 1. The second kappa shape index (κ2) is 6.37. The second-order valence-corrected chi connectivity index (χ2v) is 3.73. The molecule has 0 radical (unpaired) electrons. The fourth-order valence-electron chi connectivity index (χ4n) is 1.36. The minimum absolute atomic E-state index is 0.318. The molecule has 0 unspecified atom stereocenters. The molecule has 1 rings (SSSR count). The number of carboxylic acid groups (broad SMARTS) is 1. The number of aliphatic hydroxyl groups is 1. The maximum Gasteiger partial charge on any atom is 0.334 e. The Labute approximate surface area is 109 Å². The number of carbonyl (C=O) groups excluding carboxylic acids is 1.